The van der Waals surface area contributed by atoms with Crippen LogP contribution in [0.2, 0.25) is 0 Å². The molecule has 2 aromatic rings. The number of hydrogen-bond donors (Lipinski definition) is 2. The summed E-state index contributed by atoms with van der Waals surface area (Å²) in [6, 6.07) is 6.04. The number of carbonyl (C=O) groups is 3. The first-order valence-corrected chi connectivity index (χ1v) is 8.80. The zero-order valence-electron chi connectivity index (χ0n) is 15.3. The van der Waals surface area contributed by atoms with E-state index in [9.17, 15) is 24.5 Å². The van der Waals surface area contributed by atoms with Crippen molar-refractivity contribution in [3.05, 3.63) is 40.1 Å². The van der Waals surface area contributed by atoms with Gasteiger partial charge in [0, 0.05) is 31.6 Å². The first-order valence-electron chi connectivity index (χ1n) is 8.80. The van der Waals surface area contributed by atoms with Gasteiger partial charge in [-0.15, -0.1) is 0 Å². The molecule has 10 heteroatoms. The van der Waals surface area contributed by atoms with Gasteiger partial charge in [0.2, 0.25) is 5.91 Å². The lowest BCUT2D eigenvalue weighted by molar-refractivity contribution is -0.383. The number of benzene rings is 1. The van der Waals surface area contributed by atoms with Crippen LogP contribution in [0.15, 0.2) is 24.3 Å². The summed E-state index contributed by atoms with van der Waals surface area (Å²) in [5.74, 6) is -2.33. The van der Waals surface area contributed by atoms with Crippen LogP contribution in [0.5, 0.6) is 0 Å². The second-order valence-electron chi connectivity index (χ2n) is 6.86. The zero-order chi connectivity index (χ0) is 20.4. The molecule has 2 amide bonds. The van der Waals surface area contributed by atoms with E-state index in [0.717, 1.165) is 0 Å². The average molecular weight is 388 g/mol. The van der Waals surface area contributed by atoms with Crippen LogP contribution < -0.4 is 0 Å². The number of H-pyrrole nitrogens is 1. The molecule has 0 saturated carbocycles. The number of nitrogens with zero attached hydrogens (tertiary/aromatic N) is 3. The molecule has 1 aromatic heterocycles. The molecule has 28 heavy (non-hydrogen) atoms. The maximum atomic E-state index is 12.6. The van der Waals surface area contributed by atoms with Gasteiger partial charge in [-0.1, -0.05) is 12.1 Å². The van der Waals surface area contributed by atoms with Gasteiger partial charge in [-0.25, -0.2) is 0 Å². The summed E-state index contributed by atoms with van der Waals surface area (Å²) >= 11 is 0. The zero-order valence-corrected chi connectivity index (χ0v) is 15.3. The molecule has 2 N–H and O–H groups in total. The molecule has 148 valence electrons. The number of likely N-dealkylation sites (N-methyl/N-ethyl adjacent to an activating group) is 1. The minimum atomic E-state index is -0.929. The van der Waals surface area contributed by atoms with Crippen LogP contribution >= 0.6 is 0 Å². The van der Waals surface area contributed by atoms with Crippen LogP contribution in [0, 0.1) is 16.0 Å². The van der Waals surface area contributed by atoms with E-state index in [-0.39, 0.29) is 35.9 Å². The molecular formula is C18H20N4O6. The SMILES string of the molecule is CN(CC(=O)N1CCCC(C(=O)O)C1)C(=O)c1cc2cccc([N+](=O)[O-])c2[nH]1. The number of non-ortho nitro benzene ring substituents is 1. The smallest absolute Gasteiger partial charge is 0.308 e. The molecule has 1 aliphatic rings. The van der Waals surface area contributed by atoms with E-state index >= 15 is 0 Å². The fourth-order valence-corrected chi connectivity index (χ4v) is 3.39. The molecular weight excluding hydrogens is 368 g/mol. The third kappa shape index (κ3) is 3.80. The third-order valence-corrected chi connectivity index (χ3v) is 4.90. The molecule has 1 aliphatic heterocycles. The Labute approximate surface area is 159 Å². The summed E-state index contributed by atoms with van der Waals surface area (Å²) in [4.78, 5) is 52.3. The molecule has 1 atom stereocenters. The number of nitro groups is 1. The van der Waals surface area contributed by atoms with Crippen molar-refractivity contribution in [2.75, 3.05) is 26.7 Å². The Morgan fingerprint density at radius 2 is 2.14 bits per heavy atom. The highest BCUT2D eigenvalue weighted by molar-refractivity contribution is 6.01. The van der Waals surface area contributed by atoms with E-state index in [2.05, 4.69) is 4.98 Å². The lowest BCUT2D eigenvalue weighted by Gasteiger charge is -2.31. The summed E-state index contributed by atoms with van der Waals surface area (Å²) in [5, 5.41) is 20.8. The molecule has 0 aliphatic carbocycles. The molecule has 3 rings (SSSR count). The number of carbonyl (C=O) groups excluding carboxylic acids is 2. The quantitative estimate of drug-likeness (QED) is 0.588. The van der Waals surface area contributed by atoms with Crippen molar-refractivity contribution < 1.29 is 24.4 Å². The van der Waals surface area contributed by atoms with Crippen molar-refractivity contribution in [1.29, 1.82) is 0 Å². The Balaban J connectivity index is 1.71. The fourth-order valence-electron chi connectivity index (χ4n) is 3.39. The van der Waals surface area contributed by atoms with Gasteiger partial charge in [-0.2, -0.15) is 0 Å². The van der Waals surface area contributed by atoms with Crippen LogP contribution in [0.3, 0.4) is 0 Å². The van der Waals surface area contributed by atoms with Crippen LogP contribution in [0.25, 0.3) is 10.9 Å². The molecule has 2 heterocycles. The predicted molar refractivity (Wildman–Crippen MR) is 98.9 cm³/mol. The number of carboxylic acid groups (broad SMARTS) is 1. The third-order valence-electron chi connectivity index (χ3n) is 4.90. The van der Waals surface area contributed by atoms with E-state index in [1.807, 2.05) is 0 Å². The van der Waals surface area contributed by atoms with Crippen LogP contribution in [-0.4, -0.2) is 69.3 Å². The first kappa shape index (κ1) is 19.3. The number of aliphatic carboxylic acids is 1. The summed E-state index contributed by atoms with van der Waals surface area (Å²) in [6.07, 6.45) is 1.13. The Morgan fingerprint density at radius 1 is 1.39 bits per heavy atom. The Kier molecular flexibility index (Phi) is 5.30. The summed E-state index contributed by atoms with van der Waals surface area (Å²) in [7, 11) is 1.46. The molecule has 1 aromatic carbocycles. The van der Waals surface area contributed by atoms with E-state index in [1.54, 1.807) is 6.07 Å². The minimum Gasteiger partial charge on any atom is -0.481 e. The lowest BCUT2D eigenvalue weighted by Crippen LogP contribution is -2.46. The predicted octanol–water partition coefficient (Wildman–Crippen LogP) is 1.47. The van der Waals surface area contributed by atoms with Crippen molar-refractivity contribution in [3.8, 4) is 0 Å². The number of rotatable bonds is 5. The highest BCUT2D eigenvalue weighted by atomic mass is 16.6. The normalized spacial score (nSPS) is 16.8. The van der Waals surface area contributed by atoms with Gasteiger partial charge in [0.1, 0.15) is 11.2 Å². The van der Waals surface area contributed by atoms with E-state index in [1.165, 1.54) is 35.0 Å². The molecule has 1 fully saturated rings. The van der Waals surface area contributed by atoms with Crippen molar-refractivity contribution in [1.82, 2.24) is 14.8 Å². The van der Waals surface area contributed by atoms with Gasteiger partial charge in [-0.05, 0) is 18.9 Å². The number of nitro benzene ring substituents is 1. The maximum Gasteiger partial charge on any atom is 0.308 e. The second-order valence-corrected chi connectivity index (χ2v) is 6.86. The van der Waals surface area contributed by atoms with Gasteiger partial charge in [0.15, 0.2) is 0 Å². The largest absolute Gasteiger partial charge is 0.481 e. The average Bonchev–Trinajstić information content (AvgIpc) is 3.11. The van der Waals surface area contributed by atoms with Gasteiger partial charge in [-0.3, -0.25) is 24.5 Å². The standard InChI is InChI=1S/C18H20N4O6/c1-20(10-15(23)21-7-3-5-12(9-21)18(25)26)17(24)13-8-11-4-2-6-14(22(27)28)16(11)19-13/h2,4,6,8,12,19H,3,5,7,9-10H2,1H3,(H,25,26). The molecule has 0 spiro atoms. The molecule has 1 unspecified atom stereocenters. The molecule has 1 saturated heterocycles. The summed E-state index contributed by atoms with van der Waals surface area (Å²) in [6.45, 7) is 0.390. The van der Waals surface area contributed by atoms with Crippen LogP contribution in [-0.2, 0) is 9.59 Å². The minimum absolute atomic E-state index is 0.134. The second kappa shape index (κ2) is 7.67. The van der Waals surface area contributed by atoms with Gasteiger partial charge < -0.3 is 19.9 Å². The topological polar surface area (TPSA) is 137 Å². The first-order chi connectivity index (χ1) is 13.3. The number of aromatic amines is 1. The van der Waals surface area contributed by atoms with Gasteiger partial charge >= 0.3 is 5.97 Å². The van der Waals surface area contributed by atoms with Gasteiger partial charge in [0.05, 0.1) is 17.4 Å². The maximum absolute atomic E-state index is 12.6. The fraction of sp³-hybridized carbons (Fsp3) is 0.389. The van der Waals surface area contributed by atoms with Crippen molar-refractivity contribution in [2.24, 2.45) is 5.92 Å². The highest BCUT2D eigenvalue weighted by Crippen LogP contribution is 2.26. The number of amides is 2. The Morgan fingerprint density at radius 3 is 2.82 bits per heavy atom. The number of carboxylic acids is 1. The highest BCUT2D eigenvalue weighted by Gasteiger charge is 2.29. The number of aromatic nitrogens is 1. The summed E-state index contributed by atoms with van der Waals surface area (Å²) in [5.41, 5.74) is 0.251. The molecule has 10 nitrogen and oxygen atoms in total. The number of hydrogen-bond acceptors (Lipinski definition) is 5. The van der Waals surface area contributed by atoms with Crippen molar-refractivity contribution >= 4 is 34.4 Å². The number of likely N-dealkylation sites (tertiary alicyclic amines) is 1. The molecule has 0 radical (unpaired) electrons. The van der Waals surface area contributed by atoms with Crippen molar-refractivity contribution in [2.45, 2.75) is 12.8 Å². The van der Waals surface area contributed by atoms with Crippen LogP contribution in [0.4, 0.5) is 5.69 Å². The van der Waals surface area contributed by atoms with Crippen LogP contribution in [0.1, 0.15) is 23.3 Å². The Hall–Kier alpha value is -3.43. The monoisotopic (exact) mass is 388 g/mol. The van der Waals surface area contributed by atoms with Gasteiger partial charge in [0.25, 0.3) is 11.6 Å². The lowest BCUT2D eigenvalue weighted by atomic mass is 9.98. The number of fused-ring (bicyclic) bond motifs is 1. The van der Waals surface area contributed by atoms with E-state index in [4.69, 9.17) is 5.11 Å². The number of nitrogens with one attached hydrogen (secondary N) is 1. The number of piperidine rings is 1. The van der Waals surface area contributed by atoms with E-state index < -0.39 is 22.7 Å². The number of para-hydroxylation sites is 1. The molecule has 0 bridgehead atoms. The van der Waals surface area contributed by atoms with Crippen molar-refractivity contribution in [3.63, 3.8) is 0 Å². The summed E-state index contributed by atoms with van der Waals surface area (Å²) < 4.78 is 0. The van der Waals surface area contributed by atoms with E-state index in [0.29, 0.717) is 24.8 Å². The Bertz CT molecular complexity index is 953.